The number of aryl methyl sites for hydroxylation is 2. The summed E-state index contributed by atoms with van der Waals surface area (Å²) in [6.45, 7) is 3.21. The summed E-state index contributed by atoms with van der Waals surface area (Å²) < 4.78 is 12.3. The first-order chi connectivity index (χ1) is 15.2. The van der Waals surface area contributed by atoms with E-state index in [-0.39, 0.29) is 0 Å². The summed E-state index contributed by atoms with van der Waals surface area (Å²) in [5, 5.41) is 1.79. The SMILES string of the molecule is Cc1c(CSc2ccc(Cl)cc2)oc2cccc(OCCCc3ncccc3CN)c12. The van der Waals surface area contributed by atoms with Crippen LogP contribution in [0.25, 0.3) is 11.0 Å². The molecule has 0 radical (unpaired) electrons. The molecule has 2 heterocycles. The third-order valence-corrected chi connectivity index (χ3v) is 6.48. The van der Waals surface area contributed by atoms with Crippen molar-refractivity contribution in [3.05, 3.63) is 88.4 Å². The van der Waals surface area contributed by atoms with Crippen LogP contribution in [-0.4, -0.2) is 11.6 Å². The molecule has 6 heteroatoms. The number of benzene rings is 2. The number of nitrogens with two attached hydrogens (primary N) is 1. The molecule has 0 atom stereocenters. The molecule has 0 aliphatic rings. The van der Waals surface area contributed by atoms with Crippen LogP contribution in [0.5, 0.6) is 5.75 Å². The van der Waals surface area contributed by atoms with Crippen molar-refractivity contribution < 1.29 is 9.15 Å². The molecule has 2 aromatic heterocycles. The molecule has 0 spiro atoms. The highest BCUT2D eigenvalue weighted by Crippen LogP contribution is 2.36. The van der Waals surface area contributed by atoms with Gasteiger partial charge in [-0.25, -0.2) is 0 Å². The van der Waals surface area contributed by atoms with Crippen molar-refractivity contribution in [1.29, 1.82) is 0 Å². The van der Waals surface area contributed by atoms with Crippen LogP contribution >= 0.6 is 23.4 Å². The molecule has 2 aromatic carbocycles. The van der Waals surface area contributed by atoms with Crippen molar-refractivity contribution in [2.45, 2.75) is 37.0 Å². The van der Waals surface area contributed by atoms with Gasteiger partial charge in [0.25, 0.3) is 0 Å². The van der Waals surface area contributed by atoms with E-state index in [4.69, 9.17) is 26.5 Å². The fraction of sp³-hybridized carbons (Fsp3) is 0.240. The number of furan rings is 1. The summed E-state index contributed by atoms with van der Waals surface area (Å²) >= 11 is 7.71. The monoisotopic (exact) mass is 452 g/mol. The maximum atomic E-state index is 6.14. The third kappa shape index (κ3) is 5.24. The number of pyridine rings is 1. The molecule has 0 saturated heterocycles. The van der Waals surface area contributed by atoms with Crippen molar-refractivity contribution >= 4 is 34.3 Å². The van der Waals surface area contributed by atoms with E-state index in [1.165, 1.54) is 0 Å². The number of fused-ring (bicyclic) bond motifs is 1. The van der Waals surface area contributed by atoms with Crippen LogP contribution in [-0.2, 0) is 18.7 Å². The second kappa shape index (κ2) is 10.2. The Morgan fingerprint density at radius 1 is 1.10 bits per heavy atom. The highest BCUT2D eigenvalue weighted by Gasteiger charge is 2.15. The van der Waals surface area contributed by atoms with Gasteiger partial charge in [-0.3, -0.25) is 4.98 Å². The zero-order valence-electron chi connectivity index (χ0n) is 17.4. The van der Waals surface area contributed by atoms with Crippen LogP contribution < -0.4 is 10.5 Å². The van der Waals surface area contributed by atoms with Gasteiger partial charge in [0, 0.05) is 33.9 Å². The molecular formula is C25H25ClN2O2S. The average molecular weight is 453 g/mol. The molecule has 0 unspecified atom stereocenters. The first kappa shape index (κ1) is 21.8. The Bertz CT molecular complexity index is 1160. The van der Waals surface area contributed by atoms with Gasteiger partial charge in [0.1, 0.15) is 17.1 Å². The molecule has 4 nitrogen and oxygen atoms in total. The second-order valence-corrected chi connectivity index (χ2v) is 8.77. The average Bonchev–Trinajstić information content (AvgIpc) is 3.13. The standard InChI is InChI=1S/C25H25ClN2O2S/c1-17-24(16-31-20-11-9-19(26)10-12-20)30-23-8-2-7-22(25(17)23)29-14-4-6-21-18(15-27)5-3-13-28-21/h2-3,5,7-13H,4,6,14-16,27H2,1H3. The molecule has 0 saturated carbocycles. The van der Waals surface area contributed by atoms with E-state index in [1.807, 2.05) is 60.8 Å². The fourth-order valence-corrected chi connectivity index (χ4v) is 4.58. The minimum atomic E-state index is 0.508. The molecule has 4 aromatic rings. The molecule has 0 amide bonds. The van der Waals surface area contributed by atoms with Crippen molar-refractivity contribution in [3.8, 4) is 5.75 Å². The molecule has 160 valence electrons. The first-order valence-corrected chi connectivity index (χ1v) is 11.7. The fourth-order valence-electron chi connectivity index (χ4n) is 3.56. The molecule has 0 aliphatic heterocycles. The summed E-state index contributed by atoms with van der Waals surface area (Å²) in [5.41, 5.74) is 9.94. The van der Waals surface area contributed by atoms with E-state index in [9.17, 15) is 0 Å². The Balaban J connectivity index is 1.42. The van der Waals surface area contributed by atoms with Crippen LogP contribution in [0.15, 0.2) is 70.1 Å². The number of hydrogen-bond donors (Lipinski definition) is 1. The summed E-state index contributed by atoms with van der Waals surface area (Å²) in [6, 6.07) is 17.8. The Labute approximate surface area is 191 Å². The van der Waals surface area contributed by atoms with Crippen LogP contribution in [0.4, 0.5) is 0 Å². The summed E-state index contributed by atoms with van der Waals surface area (Å²) in [4.78, 5) is 5.61. The molecule has 4 rings (SSSR count). The Hall–Kier alpha value is -2.47. The molecule has 31 heavy (non-hydrogen) atoms. The highest BCUT2D eigenvalue weighted by molar-refractivity contribution is 7.98. The molecular weight excluding hydrogens is 428 g/mol. The van der Waals surface area contributed by atoms with Crippen molar-refractivity contribution in [3.63, 3.8) is 0 Å². The van der Waals surface area contributed by atoms with E-state index in [0.29, 0.717) is 13.2 Å². The maximum absolute atomic E-state index is 6.14. The van der Waals surface area contributed by atoms with Crippen LogP contribution in [0, 0.1) is 6.92 Å². The van der Waals surface area contributed by atoms with Gasteiger partial charge in [0.05, 0.1) is 17.7 Å². The first-order valence-electron chi connectivity index (χ1n) is 10.3. The van der Waals surface area contributed by atoms with Gasteiger partial charge in [0.15, 0.2) is 0 Å². The van der Waals surface area contributed by atoms with Gasteiger partial charge in [-0.1, -0.05) is 23.7 Å². The lowest BCUT2D eigenvalue weighted by atomic mass is 10.1. The van der Waals surface area contributed by atoms with E-state index in [1.54, 1.807) is 11.8 Å². The zero-order chi connectivity index (χ0) is 21.6. The summed E-state index contributed by atoms with van der Waals surface area (Å²) in [5.74, 6) is 2.58. The number of thioether (sulfide) groups is 1. The largest absolute Gasteiger partial charge is 0.493 e. The molecule has 0 bridgehead atoms. The lowest BCUT2D eigenvalue weighted by molar-refractivity contribution is 0.314. The number of nitrogens with zero attached hydrogens (tertiary/aromatic N) is 1. The topological polar surface area (TPSA) is 61.3 Å². The van der Waals surface area contributed by atoms with E-state index in [2.05, 4.69) is 11.9 Å². The van der Waals surface area contributed by atoms with Gasteiger partial charge in [-0.05, 0) is 67.8 Å². The van der Waals surface area contributed by atoms with Crippen LogP contribution in [0.2, 0.25) is 5.02 Å². The number of halogens is 1. The number of aromatic nitrogens is 1. The predicted octanol–water partition coefficient (Wildman–Crippen LogP) is 6.55. The van der Waals surface area contributed by atoms with Crippen LogP contribution in [0.1, 0.15) is 29.0 Å². The van der Waals surface area contributed by atoms with Gasteiger partial charge in [-0.15, -0.1) is 11.8 Å². The highest BCUT2D eigenvalue weighted by atomic mass is 35.5. The predicted molar refractivity (Wildman–Crippen MR) is 128 cm³/mol. The Morgan fingerprint density at radius 3 is 2.74 bits per heavy atom. The minimum absolute atomic E-state index is 0.508. The van der Waals surface area contributed by atoms with Crippen LogP contribution in [0.3, 0.4) is 0 Å². The van der Waals surface area contributed by atoms with Gasteiger partial charge >= 0.3 is 0 Å². The summed E-state index contributed by atoms with van der Waals surface area (Å²) in [7, 11) is 0. The van der Waals surface area contributed by atoms with E-state index >= 15 is 0 Å². The quantitative estimate of drug-likeness (QED) is 0.230. The number of hydrogen-bond acceptors (Lipinski definition) is 5. The minimum Gasteiger partial charge on any atom is -0.493 e. The van der Waals surface area contributed by atoms with Gasteiger partial charge in [-0.2, -0.15) is 0 Å². The van der Waals surface area contributed by atoms with Crippen molar-refractivity contribution in [1.82, 2.24) is 4.98 Å². The van der Waals surface area contributed by atoms with Crippen molar-refractivity contribution in [2.75, 3.05) is 6.61 Å². The van der Waals surface area contributed by atoms with E-state index in [0.717, 1.165) is 67.8 Å². The van der Waals surface area contributed by atoms with Crippen molar-refractivity contribution in [2.24, 2.45) is 5.73 Å². The summed E-state index contributed by atoms with van der Waals surface area (Å²) in [6.07, 6.45) is 3.53. The second-order valence-electron chi connectivity index (χ2n) is 7.29. The Morgan fingerprint density at radius 2 is 1.94 bits per heavy atom. The maximum Gasteiger partial charge on any atom is 0.138 e. The normalized spacial score (nSPS) is 11.2. The lowest BCUT2D eigenvalue weighted by Gasteiger charge is -2.09. The van der Waals surface area contributed by atoms with E-state index < -0.39 is 0 Å². The molecule has 0 fully saturated rings. The zero-order valence-corrected chi connectivity index (χ0v) is 19.0. The number of ether oxygens (including phenoxy) is 1. The number of rotatable bonds is 9. The smallest absolute Gasteiger partial charge is 0.138 e. The molecule has 0 aliphatic carbocycles. The Kier molecular flexibility index (Phi) is 7.17. The molecule has 2 N–H and O–H groups in total. The lowest BCUT2D eigenvalue weighted by Crippen LogP contribution is -2.06. The third-order valence-electron chi connectivity index (χ3n) is 5.22. The van der Waals surface area contributed by atoms with Gasteiger partial charge < -0.3 is 14.9 Å². The van der Waals surface area contributed by atoms with Gasteiger partial charge in [0.2, 0.25) is 0 Å².